The molecule has 0 spiro atoms. The Morgan fingerprint density at radius 1 is 1.32 bits per heavy atom. The molecular formula is C21H28N2O2. The second-order valence-corrected chi connectivity index (χ2v) is 7.86. The number of aromatic nitrogens is 1. The summed E-state index contributed by atoms with van der Waals surface area (Å²) in [4.78, 5) is 18.1. The van der Waals surface area contributed by atoms with Crippen LogP contribution in [0.1, 0.15) is 45.6 Å². The van der Waals surface area contributed by atoms with Crippen LogP contribution >= 0.6 is 0 Å². The molecule has 1 aromatic carbocycles. The molecule has 0 bridgehead atoms. The van der Waals surface area contributed by atoms with Gasteiger partial charge in [0, 0.05) is 29.2 Å². The molecule has 1 amide bonds. The monoisotopic (exact) mass is 340 g/mol. The smallest absolute Gasteiger partial charge is 0.410 e. The second kappa shape index (κ2) is 6.95. The highest BCUT2D eigenvalue weighted by molar-refractivity contribution is 5.83. The zero-order chi connectivity index (χ0) is 18.0. The lowest BCUT2D eigenvalue weighted by Crippen LogP contribution is -2.44. The van der Waals surface area contributed by atoms with Crippen molar-refractivity contribution < 1.29 is 9.53 Å². The highest BCUT2D eigenvalue weighted by Gasteiger charge is 2.38. The van der Waals surface area contributed by atoms with Gasteiger partial charge in [0.25, 0.3) is 0 Å². The summed E-state index contributed by atoms with van der Waals surface area (Å²) in [5.74, 6) is 0. The number of carbonyl (C=O) groups is 1. The fourth-order valence-electron chi connectivity index (χ4n) is 3.75. The van der Waals surface area contributed by atoms with E-state index < -0.39 is 5.60 Å². The number of hydrogen-bond donors (Lipinski definition) is 1. The Hall–Kier alpha value is -2.23. The maximum absolute atomic E-state index is 12.8. The van der Waals surface area contributed by atoms with Crippen LogP contribution in [0, 0.1) is 0 Å². The number of benzene rings is 1. The number of carbonyl (C=O) groups excluding carboxylic acids is 1. The highest BCUT2D eigenvalue weighted by atomic mass is 16.6. The number of rotatable bonds is 4. The molecule has 4 nitrogen and oxygen atoms in total. The Kier molecular flexibility index (Phi) is 4.89. The van der Waals surface area contributed by atoms with Crippen LogP contribution in [-0.4, -0.2) is 33.7 Å². The third-order valence-electron chi connectivity index (χ3n) is 4.79. The van der Waals surface area contributed by atoms with Crippen LogP contribution < -0.4 is 0 Å². The summed E-state index contributed by atoms with van der Waals surface area (Å²) in [5, 5.41) is 1.24. The minimum Gasteiger partial charge on any atom is -0.444 e. The first-order chi connectivity index (χ1) is 11.9. The number of hydrogen-bond acceptors (Lipinski definition) is 2. The molecule has 1 saturated heterocycles. The average molecular weight is 340 g/mol. The van der Waals surface area contributed by atoms with Gasteiger partial charge in [-0.25, -0.2) is 4.79 Å². The maximum Gasteiger partial charge on any atom is 0.410 e. The van der Waals surface area contributed by atoms with Crippen molar-refractivity contribution in [3.05, 3.63) is 48.7 Å². The molecular weight excluding hydrogens is 312 g/mol. The Bertz CT molecular complexity index is 757. The molecule has 3 rings (SSSR count). The van der Waals surface area contributed by atoms with Gasteiger partial charge in [0.1, 0.15) is 5.60 Å². The van der Waals surface area contributed by atoms with Crippen molar-refractivity contribution >= 4 is 17.0 Å². The van der Waals surface area contributed by atoms with E-state index in [1.165, 1.54) is 10.9 Å². The number of para-hydroxylation sites is 1. The third kappa shape index (κ3) is 3.89. The molecule has 1 aromatic heterocycles. The molecule has 2 atom stereocenters. The van der Waals surface area contributed by atoms with Crippen LogP contribution in [0.2, 0.25) is 0 Å². The molecule has 1 unspecified atom stereocenters. The first-order valence-corrected chi connectivity index (χ1v) is 9.06. The summed E-state index contributed by atoms with van der Waals surface area (Å²) in [6.07, 6.45) is 7.41. The summed E-state index contributed by atoms with van der Waals surface area (Å²) < 4.78 is 5.68. The van der Waals surface area contributed by atoms with Crippen LogP contribution in [0.5, 0.6) is 0 Å². The van der Waals surface area contributed by atoms with E-state index in [9.17, 15) is 4.79 Å². The van der Waals surface area contributed by atoms with Crippen molar-refractivity contribution in [3.63, 3.8) is 0 Å². The van der Waals surface area contributed by atoms with Crippen LogP contribution in [-0.2, 0) is 11.2 Å². The number of likely N-dealkylation sites (tertiary alicyclic amines) is 1. The SMILES string of the molecule is C=CCC1CC[C@@H](Cc2c[nH]c3ccccc23)N1C(=O)OC(C)(C)C. The van der Waals surface area contributed by atoms with Crippen molar-refractivity contribution in [2.45, 2.75) is 64.1 Å². The Morgan fingerprint density at radius 3 is 2.76 bits per heavy atom. The van der Waals surface area contributed by atoms with E-state index in [4.69, 9.17) is 4.74 Å². The lowest BCUT2D eigenvalue weighted by Gasteiger charge is -2.32. The summed E-state index contributed by atoms with van der Waals surface area (Å²) in [7, 11) is 0. The third-order valence-corrected chi connectivity index (χ3v) is 4.79. The second-order valence-electron chi connectivity index (χ2n) is 7.86. The fraction of sp³-hybridized carbons (Fsp3) is 0.476. The Labute approximate surface area is 149 Å². The average Bonchev–Trinajstić information content (AvgIpc) is 3.11. The number of fused-ring (bicyclic) bond motifs is 1. The summed E-state index contributed by atoms with van der Waals surface area (Å²) >= 11 is 0. The van der Waals surface area contributed by atoms with Crippen molar-refractivity contribution in [2.24, 2.45) is 0 Å². The zero-order valence-corrected chi connectivity index (χ0v) is 15.4. The maximum atomic E-state index is 12.8. The first-order valence-electron chi connectivity index (χ1n) is 9.06. The molecule has 2 aromatic rings. The molecule has 1 N–H and O–H groups in total. The quantitative estimate of drug-likeness (QED) is 0.791. The number of H-pyrrole nitrogens is 1. The Morgan fingerprint density at radius 2 is 2.04 bits per heavy atom. The van der Waals surface area contributed by atoms with Crippen molar-refractivity contribution in [1.82, 2.24) is 9.88 Å². The van der Waals surface area contributed by atoms with Gasteiger partial charge in [0.05, 0.1) is 0 Å². The number of ether oxygens (including phenoxy) is 1. The van der Waals surface area contributed by atoms with E-state index in [2.05, 4.69) is 36.0 Å². The van der Waals surface area contributed by atoms with Gasteiger partial charge in [0.15, 0.2) is 0 Å². The molecule has 2 heterocycles. The first kappa shape index (κ1) is 17.6. The molecule has 1 aliphatic heterocycles. The van der Waals surface area contributed by atoms with E-state index in [1.807, 2.05) is 37.8 Å². The number of amides is 1. The van der Waals surface area contributed by atoms with Crippen LogP contribution in [0.15, 0.2) is 43.1 Å². The molecule has 1 aliphatic rings. The van der Waals surface area contributed by atoms with Crippen molar-refractivity contribution in [1.29, 1.82) is 0 Å². The van der Waals surface area contributed by atoms with E-state index in [0.717, 1.165) is 31.2 Å². The molecule has 4 heteroatoms. The van der Waals surface area contributed by atoms with Gasteiger partial charge in [-0.3, -0.25) is 0 Å². The molecule has 134 valence electrons. The van der Waals surface area contributed by atoms with Crippen LogP contribution in [0.3, 0.4) is 0 Å². The van der Waals surface area contributed by atoms with E-state index in [1.54, 1.807) is 0 Å². The minimum atomic E-state index is -0.482. The zero-order valence-electron chi connectivity index (χ0n) is 15.4. The highest BCUT2D eigenvalue weighted by Crippen LogP contribution is 2.32. The van der Waals surface area contributed by atoms with E-state index in [0.29, 0.717) is 0 Å². The predicted molar refractivity (Wildman–Crippen MR) is 102 cm³/mol. The molecule has 0 saturated carbocycles. The van der Waals surface area contributed by atoms with Gasteiger partial charge >= 0.3 is 6.09 Å². The number of aromatic amines is 1. The van der Waals surface area contributed by atoms with Crippen LogP contribution in [0.25, 0.3) is 10.9 Å². The molecule has 0 aliphatic carbocycles. The van der Waals surface area contributed by atoms with Gasteiger partial charge in [-0.2, -0.15) is 0 Å². The lowest BCUT2D eigenvalue weighted by atomic mass is 10.0. The van der Waals surface area contributed by atoms with Gasteiger partial charge in [0.2, 0.25) is 0 Å². The fourth-order valence-corrected chi connectivity index (χ4v) is 3.75. The minimum absolute atomic E-state index is 0.166. The van der Waals surface area contributed by atoms with E-state index >= 15 is 0 Å². The van der Waals surface area contributed by atoms with Gasteiger partial charge in [-0.05, 0) is 58.1 Å². The normalized spacial score (nSPS) is 20.8. The van der Waals surface area contributed by atoms with E-state index in [-0.39, 0.29) is 18.2 Å². The predicted octanol–water partition coefficient (Wildman–Crippen LogP) is 5.05. The van der Waals surface area contributed by atoms with Crippen molar-refractivity contribution in [2.75, 3.05) is 0 Å². The number of nitrogens with zero attached hydrogens (tertiary/aromatic N) is 1. The molecule has 1 fully saturated rings. The van der Waals surface area contributed by atoms with Crippen LogP contribution in [0.4, 0.5) is 4.79 Å². The van der Waals surface area contributed by atoms with Gasteiger partial charge < -0.3 is 14.6 Å². The van der Waals surface area contributed by atoms with Gasteiger partial charge in [-0.1, -0.05) is 24.3 Å². The summed E-state index contributed by atoms with van der Waals surface area (Å²) in [5.41, 5.74) is 1.92. The standard InChI is InChI=1S/C21H28N2O2/c1-5-8-16-11-12-17(23(16)20(24)25-21(2,3)4)13-15-14-22-19-10-7-6-9-18(15)19/h5-7,9-10,14,16-17,22H,1,8,11-13H2,2-4H3/t16?,17-/m0/s1. The van der Waals surface area contributed by atoms with Crippen molar-refractivity contribution in [3.8, 4) is 0 Å². The largest absolute Gasteiger partial charge is 0.444 e. The molecule has 0 radical (unpaired) electrons. The Balaban J connectivity index is 1.83. The lowest BCUT2D eigenvalue weighted by molar-refractivity contribution is 0.0149. The summed E-state index contributed by atoms with van der Waals surface area (Å²) in [6, 6.07) is 8.65. The molecule has 25 heavy (non-hydrogen) atoms. The van der Waals surface area contributed by atoms with Gasteiger partial charge in [-0.15, -0.1) is 6.58 Å². The summed E-state index contributed by atoms with van der Waals surface area (Å²) in [6.45, 7) is 9.59. The number of nitrogens with one attached hydrogen (secondary N) is 1. The topological polar surface area (TPSA) is 45.3 Å².